The van der Waals surface area contributed by atoms with Gasteiger partial charge in [0, 0.05) is 25.7 Å². The standard InChI is InChI=1S/C70H136O17P2/c1-9-63(8)49-41-33-23-20-21-25-36-44-52-69(74)86-65(57-81-68(73)51-43-35-28-26-31-39-47-61(4)5)58-84-88(76,77)82-54-64(71)55-83-89(78,79)85-59-66(87-70(75)53-45-37-29-27-32-40-48-62(6)7)56-80-67(72)50-42-34-24-19-17-15-13-11-10-12-14-16-18-22-30-38-46-60(2)3/h60-66,71H,9-59H2,1-8H3,(H,76,77)(H,78,79)/t63?,64-,65+,66+/m0/s1. The Balaban J connectivity index is 5.15. The van der Waals surface area contributed by atoms with Gasteiger partial charge in [0.15, 0.2) is 12.2 Å². The first-order valence-corrected chi connectivity index (χ1v) is 39.2. The predicted octanol–water partition coefficient (Wildman–Crippen LogP) is 19.7. The van der Waals surface area contributed by atoms with Crippen LogP contribution in [0.5, 0.6) is 0 Å². The van der Waals surface area contributed by atoms with Crippen molar-refractivity contribution >= 4 is 39.5 Å². The zero-order chi connectivity index (χ0) is 66.1. The molecule has 0 aliphatic rings. The number of aliphatic hydroxyl groups is 1. The van der Waals surface area contributed by atoms with E-state index in [-0.39, 0.29) is 25.7 Å². The molecule has 0 spiro atoms. The van der Waals surface area contributed by atoms with Crippen LogP contribution in [0.3, 0.4) is 0 Å². The van der Waals surface area contributed by atoms with Gasteiger partial charge in [0.1, 0.15) is 19.3 Å². The van der Waals surface area contributed by atoms with Gasteiger partial charge in [-0.15, -0.1) is 0 Å². The molecule has 0 aliphatic carbocycles. The van der Waals surface area contributed by atoms with Gasteiger partial charge in [-0.1, -0.05) is 293 Å². The number of phosphoric ester groups is 2. The summed E-state index contributed by atoms with van der Waals surface area (Å²) in [6.45, 7) is 14.0. The molecule has 0 rings (SSSR count). The Labute approximate surface area is 543 Å². The van der Waals surface area contributed by atoms with E-state index in [0.717, 1.165) is 108 Å². The quantitative estimate of drug-likeness (QED) is 0.0222. The first-order valence-electron chi connectivity index (χ1n) is 36.2. The lowest BCUT2D eigenvalue weighted by molar-refractivity contribution is -0.161. The van der Waals surface area contributed by atoms with E-state index in [4.69, 9.17) is 37.0 Å². The van der Waals surface area contributed by atoms with E-state index >= 15 is 0 Å². The lowest BCUT2D eigenvalue weighted by Crippen LogP contribution is -2.30. The molecule has 89 heavy (non-hydrogen) atoms. The molecule has 0 saturated carbocycles. The van der Waals surface area contributed by atoms with Crippen LogP contribution in [-0.4, -0.2) is 96.7 Å². The van der Waals surface area contributed by atoms with Crippen LogP contribution in [-0.2, 0) is 65.4 Å². The maximum Gasteiger partial charge on any atom is 0.472 e. The summed E-state index contributed by atoms with van der Waals surface area (Å²) in [6, 6.07) is 0. The summed E-state index contributed by atoms with van der Waals surface area (Å²) in [5.41, 5.74) is 0. The Kier molecular flexibility index (Phi) is 58.5. The number of ether oxygens (including phenoxy) is 4. The summed E-state index contributed by atoms with van der Waals surface area (Å²) in [5, 5.41) is 10.6. The van der Waals surface area contributed by atoms with Crippen molar-refractivity contribution in [3.63, 3.8) is 0 Å². The van der Waals surface area contributed by atoms with Crippen molar-refractivity contribution in [1.29, 1.82) is 0 Å². The zero-order valence-electron chi connectivity index (χ0n) is 58.1. The minimum Gasteiger partial charge on any atom is -0.462 e. The largest absolute Gasteiger partial charge is 0.472 e. The first kappa shape index (κ1) is 87.1. The van der Waals surface area contributed by atoms with Crippen molar-refractivity contribution < 1.29 is 80.2 Å². The van der Waals surface area contributed by atoms with Crippen molar-refractivity contribution in [2.24, 2.45) is 23.7 Å². The molecule has 0 aromatic heterocycles. The van der Waals surface area contributed by atoms with Crippen LogP contribution >= 0.6 is 15.6 Å². The van der Waals surface area contributed by atoms with Gasteiger partial charge in [-0.2, -0.15) is 0 Å². The summed E-state index contributed by atoms with van der Waals surface area (Å²) in [4.78, 5) is 72.4. The highest BCUT2D eigenvalue weighted by Crippen LogP contribution is 2.45. The van der Waals surface area contributed by atoms with Crippen molar-refractivity contribution in [3.8, 4) is 0 Å². The van der Waals surface area contributed by atoms with Crippen molar-refractivity contribution in [2.75, 3.05) is 39.6 Å². The number of hydrogen-bond acceptors (Lipinski definition) is 15. The monoisotopic (exact) mass is 1310 g/mol. The number of phosphoric acid groups is 2. The Morgan fingerprint density at radius 2 is 0.539 bits per heavy atom. The maximum absolute atomic E-state index is 13.0. The predicted molar refractivity (Wildman–Crippen MR) is 358 cm³/mol. The van der Waals surface area contributed by atoms with Crippen LogP contribution in [0.15, 0.2) is 0 Å². The van der Waals surface area contributed by atoms with Gasteiger partial charge in [0.2, 0.25) is 0 Å². The van der Waals surface area contributed by atoms with Crippen LogP contribution in [0.4, 0.5) is 0 Å². The molecule has 3 unspecified atom stereocenters. The molecule has 19 heteroatoms. The third-order valence-corrected chi connectivity index (χ3v) is 18.3. The topological polar surface area (TPSA) is 237 Å². The summed E-state index contributed by atoms with van der Waals surface area (Å²) in [6.07, 6.45) is 42.1. The molecule has 0 heterocycles. The van der Waals surface area contributed by atoms with E-state index in [1.807, 2.05) is 0 Å². The second kappa shape index (κ2) is 59.8. The number of aliphatic hydroxyl groups excluding tert-OH is 1. The number of hydrogen-bond donors (Lipinski definition) is 3. The number of rotatable bonds is 67. The second-order valence-electron chi connectivity index (χ2n) is 26.9. The minimum atomic E-state index is -4.95. The smallest absolute Gasteiger partial charge is 0.462 e. The Bertz CT molecular complexity index is 1770. The van der Waals surface area contributed by atoms with Crippen LogP contribution in [0, 0.1) is 23.7 Å². The number of carbonyl (C=O) groups excluding carboxylic acids is 4. The highest BCUT2D eigenvalue weighted by molar-refractivity contribution is 7.47. The molecule has 0 aromatic carbocycles. The van der Waals surface area contributed by atoms with Gasteiger partial charge in [0.05, 0.1) is 26.4 Å². The van der Waals surface area contributed by atoms with Crippen LogP contribution in [0.1, 0.15) is 344 Å². The lowest BCUT2D eigenvalue weighted by atomic mass is 9.99. The third kappa shape index (κ3) is 63.2. The fourth-order valence-electron chi connectivity index (χ4n) is 10.5. The van der Waals surface area contributed by atoms with E-state index in [1.54, 1.807) is 0 Å². The average Bonchev–Trinajstić information content (AvgIpc) is 3.66. The Morgan fingerprint density at radius 3 is 0.798 bits per heavy atom. The van der Waals surface area contributed by atoms with Gasteiger partial charge in [-0.25, -0.2) is 9.13 Å². The molecule has 0 aromatic rings. The van der Waals surface area contributed by atoms with E-state index in [2.05, 4.69) is 55.4 Å². The second-order valence-corrected chi connectivity index (χ2v) is 29.8. The summed E-state index contributed by atoms with van der Waals surface area (Å²) in [5.74, 6) is 0.793. The van der Waals surface area contributed by atoms with E-state index in [0.29, 0.717) is 37.5 Å². The molecule has 0 saturated heterocycles. The molecule has 17 nitrogen and oxygen atoms in total. The Hall–Kier alpha value is -1.94. The molecular weight excluding hydrogens is 1170 g/mol. The molecule has 0 bridgehead atoms. The van der Waals surface area contributed by atoms with Crippen LogP contribution in [0.25, 0.3) is 0 Å². The third-order valence-electron chi connectivity index (χ3n) is 16.4. The first-order chi connectivity index (χ1) is 42.6. The molecule has 0 aliphatic heterocycles. The van der Waals surface area contributed by atoms with Crippen LogP contribution in [0.2, 0.25) is 0 Å². The minimum absolute atomic E-state index is 0.102. The summed E-state index contributed by atoms with van der Waals surface area (Å²) < 4.78 is 68.2. The van der Waals surface area contributed by atoms with E-state index in [9.17, 15) is 43.2 Å². The van der Waals surface area contributed by atoms with Gasteiger partial charge < -0.3 is 33.8 Å². The van der Waals surface area contributed by atoms with Crippen molar-refractivity contribution in [3.05, 3.63) is 0 Å². The highest BCUT2D eigenvalue weighted by Gasteiger charge is 2.30. The van der Waals surface area contributed by atoms with Crippen molar-refractivity contribution in [1.82, 2.24) is 0 Å². The van der Waals surface area contributed by atoms with Gasteiger partial charge in [0.25, 0.3) is 0 Å². The molecule has 3 N–H and O–H groups in total. The summed E-state index contributed by atoms with van der Waals surface area (Å²) in [7, 11) is -9.90. The number of esters is 4. The molecule has 6 atom stereocenters. The fourth-order valence-corrected chi connectivity index (χ4v) is 12.0. The van der Waals surface area contributed by atoms with E-state index < -0.39 is 97.5 Å². The molecule has 0 radical (unpaired) electrons. The fraction of sp³-hybridized carbons (Fsp3) is 0.943. The van der Waals surface area contributed by atoms with Crippen molar-refractivity contribution in [2.45, 2.75) is 363 Å². The van der Waals surface area contributed by atoms with Gasteiger partial charge in [-0.3, -0.25) is 37.3 Å². The SMILES string of the molecule is CCC(C)CCCCCCCCCCC(=O)O[C@H](COC(=O)CCCCCCCCC(C)C)COP(=O)(O)OC[C@H](O)COP(=O)(O)OC[C@@H](COC(=O)CCCCCCCCCCCCCCCCCCC(C)C)OC(=O)CCCCCCCCC(C)C. The average molecular weight is 1310 g/mol. The zero-order valence-corrected chi connectivity index (χ0v) is 59.8. The molecule has 0 amide bonds. The normalized spacial score (nSPS) is 14.6. The Morgan fingerprint density at radius 1 is 0.315 bits per heavy atom. The number of unbranched alkanes of at least 4 members (excludes halogenated alkanes) is 32. The van der Waals surface area contributed by atoms with Gasteiger partial charge in [-0.05, 0) is 49.4 Å². The highest BCUT2D eigenvalue weighted by atomic mass is 31.2. The number of carbonyl (C=O) groups is 4. The van der Waals surface area contributed by atoms with E-state index in [1.165, 1.54) is 141 Å². The summed E-state index contributed by atoms with van der Waals surface area (Å²) >= 11 is 0. The molecular formula is C70H136O17P2. The van der Waals surface area contributed by atoms with Gasteiger partial charge >= 0.3 is 39.5 Å². The molecule has 528 valence electrons. The molecule has 0 fully saturated rings. The maximum atomic E-state index is 13.0. The van der Waals surface area contributed by atoms with Crippen LogP contribution < -0.4 is 0 Å². The lowest BCUT2D eigenvalue weighted by Gasteiger charge is -2.21.